The third-order valence-electron chi connectivity index (χ3n) is 4.70. The number of hydrogen-bond acceptors (Lipinski definition) is 4. The highest BCUT2D eigenvalue weighted by Crippen LogP contribution is 2.22. The second kappa shape index (κ2) is 7.18. The van der Waals surface area contributed by atoms with Crippen molar-refractivity contribution in [1.29, 1.82) is 0 Å². The van der Waals surface area contributed by atoms with E-state index in [0.29, 0.717) is 24.8 Å². The van der Waals surface area contributed by atoms with E-state index < -0.39 is 0 Å². The van der Waals surface area contributed by atoms with E-state index in [1.807, 2.05) is 6.92 Å². The van der Waals surface area contributed by atoms with Crippen LogP contribution >= 0.6 is 0 Å². The maximum absolute atomic E-state index is 11.9. The highest BCUT2D eigenvalue weighted by molar-refractivity contribution is 5.76. The predicted octanol–water partition coefficient (Wildman–Crippen LogP) is 1.85. The summed E-state index contributed by atoms with van der Waals surface area (Å²) in [5.74, 6) is 1.46. The van der Waals surface area contributed by atoms with Crippen molar-refractivity contribution in [1.82, 2.24) is 20.6 Å². The lowest BCUT2D eigenvalue weighted by Crippen LogP contribution is -2.39. The number of rotatable bonds is 5. The molecule has 2 fully saturated rings. The van der Waals surface area contributed by atoms with Crippen LogP contribution in [0.15, 0.2) is 6.07 Å². The molecule has 5 nitrogen and oxygen atoms in total. The van der Waals surface area contributed by atoms with Crippen molar-refractivity contribution in [3.8, 4) is 0 Å². The first-order valence-electron chi connectivity index (χ1n) is 8.55. The Kier molecular flexibility index (Phi) is 5.03. The van der Waals surface area contributed by atoms with E-state index in [0.717, 1.165) is 43.1 Å². The Bertz CT molecular complexity index is 521. The SMILES string of the molecule is Cc1nc(CCC(=O)NC2CCC2)cc(C2CCCNC2)n1. The van der Waals surface area contributed by atoms with E-state index >= 15 is 0 Å². The van der Waals surface area contributed by atoms with Crippen molar-refractivity contribution >= 4 is 5.91 Å². The normalized spacial score (nSPS) is 22.1. The molecule has 1 aliphatic heterocycles. The topological polar surface area (TPSA) is 66.9 Å². The zero-order valence-electron chi connectivity index (χ0n) is 13.4. The highest BCUT2D eigenvalue weighted by Gasteiger charge is 2.20. The van der Waals surface area contributed by atoms with Crippen LogP contribution in [0.1, 0.15) is 61.7 Å². The third kappa shape index (κ3) is 4.03. The number of hydrogen-bond donors (Lipinski definition) is 2. The van der Waals surface area contributed by atoms with Crippen molar-refractivity contribution in [3.05, 3.63) is 23.3 Å². The van der Waals surface area contributed by atoms with Crippen LogP contribution in [0.2, 0.25) is 0 Å². The molecule has 1 aromatic rings. The highest BCUT2D eigenvalue weighted by atomic mass is 16.1. The summed E-state index contributed by atoms with van der Waals surface area (Å²) in [5.41, 5.74) is 2.13. The number of piperidine rings is 1. The fourth-order valence-electron chi connectivity index (χ4n) is 3.19. The van der Waals surface area contributed by atoms with E-state index in [9.17, 15) is 4.79 Å². The first kappa shape index (κ1) is 15.4. The summed E-state index contributed by atoms with van der Waals surface area (Å²) in [4.78, 5) is 21.0. The first-order valence-corrected chi connectivity index (χ1v) is 8.55. The van der Waals surface area contributed by atoms with Gasteiger partial charge in [0.25, 0.3) is 0 Å². The van der Waals surface area contributed by atoms with Crippen LogP contribution in [-0.4, -0.2) is 35.0 Å². The van der Waals surface area contributed by atoms with Gasteiger partial charge in [-0.15, -0.1) is 0 Å². The molecule has 1 unspecified atom stereocenters. The minimum Gasteiger partial charge on any atom is -0.353 e. The molecule has 0 spiro atoms. The molecule has 2 heterocycles. The van der Waals surface area contributed by atoms with Crippen molar-refractivity contribution in [2.24, 2.45) is 0 Å². The largest absolute Gasteiger partial charge is 0.353 e. The third-order valence-corrected chi connectivity index (χ3v) is 4.70. The standard InChI is InChI=1S/C17H26N4O/c1-12-19-15(7-8-17(22)21-14-5-2-6-14)10-16(20-12)13-4-3-9-18-11-13/h10,13-14,18H,2-9,11H2,1H3,(H,21,22). The summed E-state index contributed by atoms with van der Waals surface area (Å²) in [6.07, 6.45) is 7.13. The van der Waals surface area contributed by atoms with Crippen LogP contribution < -0.4 is 10.6 Å². The molecular formula is C17H26N4O. The summed E-state index contributed by atoms with van der Waals surface area (Å²) in [6.45, 7) is 4.05. The molecule has 0 radical (unpaired) electrons. The van der Waals surface area contributed by atoms with Gasteiger partial charge in [-0.2, -0.15) is 0 Å². The lowest BCUT2D eigenvalue weighted by atomic mass is 9.93. The van der Waals surface area contributed by atoms with Crippen molar-refractivity contribution in [2.45, 2.75) is 63.8 Å². The lowest BCUT2D eigenvalue weighted by Gasteiger charge is -2.26. The van der Waals surface area contributed by atoms with Gasteiger partial charge in [-0.1, -0.05) is 0 Å². The van der Waals surface area contributed by atoms with Crippen LogP contribution in [0.5, 0.6) is 0 Å². The quantitative estimate of drug-likeness (QED) is 0.871. The molecule has 22 heavy (non-hydrogen) atoms. The van der Waals surface area contributed by atoms with Crippen LogP contribution in [0.4, 0.5) is 0 Å². The Morgan fingerprint density at radius 1 is 1.32 bits per heavy atom. The molecule has 1 saturated heterocycles. The van der Waals surface area contributed by atoms with E-state index in [-0.39, 0.29) is 5.91 Å². The molecule has 1 atom stereocenters. The molecule has 1 amide bonds. The van der Waals surface area contributed by atoms with Crippen LogP contribution in [0.3, 0.4) is 0 Å². The number of amides is 1. The Morgan fingerprint density at radius 2 is 2.18 bits per heavy atom. The van der Waals surface area contributed by atoms with Crippen LogP contribution in [-0.2, 0) is 11.2 Å². The molecular weight excluding hydrogens is 276 g/mol. The summed E-state index contributed by atoms with van der Waals surface area (Å²) >= 11 is 0. The first-order chi connectivity index (χ1) is 10.7. The number of aromatic nitrogens is 2. The Morgan fingerprint density at radius 3 is 2.86 bits per heavy atom. The molecule has 1 saturated carbocycles. The number of carbonyl (C=O) groups excluding carboxylic acids is 1. The van der Waals surface area contributed by atoms with Crippen LogP contribution in [0.25, 0.3) is 0 Å². The van der Waals surface area contributed by atoms with Crippen molar-refractivity contribution in [3.63, 3.8) is 0 Å². The van der Waals surface area contributed by atoms with E-state index in [2.05, 4.69) is 26.7 Å². The van der Waals surface area contributed by atoms with Gasteiger partial charge >= 0.3 is 0 Å². The van der Waals surface area contributed by atoms with E-state index in [1.54, 1.807) is 0 Å². The monoisotopic (exact) mass is 302 g/mol. The van der Waals surface area contributed by atoms with Gasteiger partial charge in [0, 0.05) is 36.3 Å². The molecule has 0 aromatic carbocycles. The van der Waals surface area contributed by atoms with Crippen molar-refractivity contribution < 1.29 is 4.79 Å². The van der Waals surface area contributed by atoms with Crippen molar-refractivity contribution in [2.75, 3.05) is 13.1 Å². The fraction of sp³-hybridized carbons (Fsp3) is 0.706. The second-order valence-electron chi connectivity index (χ2n) is 6.57. The summed E-state index contributed by atoms with van der Waals surface area (Å²) < 4.78 is 0. The number of nitrogens with zero attached hydrogens (tertiary/aromatic N) is 2. The van der Waals surface area contributed by atoms with Gasteiger partial charge in [0.15, 0.2) is 0 Å². The van der Waals surface area contributed by atoms with Gasteiger partial charge in [-0.05, 0) is 58.1 Å². The average Bonchev–Trinajstić information content (AvgIpc) is 2.49. The Hall–Kier alpha value is -1.49. The van der Waals surface area contributed by atoms with Gasteiger partial charge in [0.2, 0.25) is 5.91 Å². The fourth-order valence-corrected chi connectivity index (χ4v) is 3.19. The van der Waals surface area contributed by atoms with Gasteiger partial charge in [-0.3, -0.25) is 4.79 Å². The molecule has 2 N–H and O–H groups in total. The predicted molar refractivity (Wildman–Crippen MR) is 85.7 cm³/mol. The molecule has 5 heteroatoms. The second-order valence-corrected chi connectivity index (χ2v) is 6.57. The zero-order chi connectivity index (χ0) is 15.4. The zero-order valence-corrected chi connectivity index (χ0v) is 13.4. The van der Waals surface area contributed by atoms with Crippen LogP contribution in [0, 0.1) is 6.92 Å². The number of aryl methyl sites for hydroxylation is 2. The smallest absolute Gasteiger partial charge is 0.220 e. The Labute approximate surface area is 132 Å². The van der Waals surface area contributed by atoms with E-state index in [4.69, 9.17) is 0 Å². The minimum atomic E-state index is 0.154. The number of carbonyl (C=O) groups is 1. The summed E-state index contributed by atoms with van der Waals surface area (Å²) in [6, 6.07) is 2.52. The minimum absolute atomic E-state index is 0.154. The van der Waals surface area contributed by atoms with E-state index in [1.165, 1.54) is 19.3 Å². The number of nitrogens with one attached hydrogen (secondary N) is 2. The maximum Gasteiger partial charge on any atom is 0.220 e. The molecule has 3 rings (SSSR count). The van der Waals surface area contributed by atoms with Gasteiger partial charge in [0.05, 0.1) is 0 Å². The van der Waals surface area contributed by atoms with Gasteiger partial charge < -0.3 is 10.6 Å². The van der Waals surface area contributed by atoms with Gasteiger partial charge in [-0.25, -0.2) is 9.97 Å². The molecule has 1 aromatic heterocycles. The summed E-state index contributed by atoms with van der Waals surface area (Å²) in [7, 11) is 0. The molecule has 120 valence electrons. The average molecular weight is 302 g/mol. The molecule has 1 aliphatic carbocycles. The molecule has 0 bridgehead atoms. The maximum atomic E-state index is 11.9. The van der Waals surface area contributed by atoms with Gasteiger partial charge in [0.1, 0.15) is 5.82 Å². The lowest BCUT2D eigenvalue weighted by molar-refractivity contribution is -0.122. The summed E-state index contributed by atoms with van der Waals surface area (Å²) in [5, 5.41) is 6.52. The Balaban J connectivity index is 1.57. The molecule has 2 aliphatic rings.